The van der Waals surface area contributed by atoms with E-state index in [1.165, 1.54) is 5.46 Å². The molecule has 142 valence electrons. The van der Waals surface area contributed by atoms with Gasteiger partial charge in [-0.15, -0.1) is 0 Å². The van der Waals surface area contributed by atoms with Crippen LogP contribution in [0.1, 0.15) is 11.8 Å². The third-order valence-corrected chi connectivity index (χ3v) is 5.78. The maximum Gasteiger partial charge on any atom is 0.196 e. The molecule has 1 N–H and O–H groups in total. The number of hydrogen-bond acceptors (Lipinski definition) is 3. The lowest BCUT2D eigenvalue weighted by atomic mass is 9.95. The highest BCUT2D eigenvalue weighted by molar-refractivity contribution is 6.32. The van der Waals surface area contributed by atoms with Crippen molar-refractivity contribution in [2.24, 2.45) is 0 Å². The van der Waals surface area contributed by atoms with Crippen molar-refractivity contribution in [2.75, 3.05) is 5.32 Å². The van der Waals surface area contributed by atoms with E-state index in [4.69, 9.17) is 9.72 Å². The minimum absolute atomic E-state index is 0.196. The fraction of sp³-hybridized carbons (Fsp3) is 0.0385. The van der Waals surface area contributed by atoms with Gasteiger partial charge in [-0.05, 0) is 18.2 Å². The maximum atomic E-state index is 6.30. The van der Waals surface area contributed by atoms with E-state index in [-0.39, 0.29) is 6.23 Å². The number of para-hydroxylation sites is 1. The first kappa shape index (κ1) is 17.1. The zero-order valence-corrected chi connectivity index (χ0v) is 16.6. The van der Waals surface area contributed by atoms with Crippen LogP contribution >= 0.6 is 0 Å². The van der Waals surface area contributed by atoms with Crippen molar-refractivity contribution in [3.05, 3.63) is 96.6 Å². The molecule has 1 atom stereocenters. The Bertz CT molecular complexity index is 1400. The monoisotopic (exact) mass is 386 g/mol. The quantitative estimate of drug-likeness (QED) is 0.349. The lowest BCUT2D eigenvalue weighted by Gasteiger charge is -2.13. The van der Waals surface area contributed by atoms with Crippen LogP contribution in [0.3, 0.4) is 0 Å². The van der Waals surface area contributed by atoms with Crippen molar-refractivity contribution in [3.8, 4) is 17.0 Å². The first-order valence-corrected chi connectivity index (χ1v) is 10.2. The summed E-state index contributed by atoms with van der Waals surface area (Å²) < 4.78 is 6.30. The number of fused-ring (bicyclic) bond motifs is 5. The number of ether oxygens (including phenoxy) is 1. The average Bonchev–Trinajstić information content (AvgIpc) is 3.24. The minimum atomic E-state index is -0.196. The van der Waals surface area contributed by atoms with Gasteiger partial charge in [0.15, 0.2) is 6.23 Å². The van der Waals surface area contributed by atoms with Crippen LogP contribution in [0.25, 0.3) is 32.9 Å². The molecule has 5 aromatic rings. The summed E-state index contributed by atoms with van der Waals surface area (Å²) in [5, 5.41) is 7.05. The van der Waals surface area contributed by atoms with Crippen LogP contribution in [0.15, 0.2) is 91.0 Å². The molecule has 30 heavy (non-hydrogen) atoms. The molecule has 1 aromatic heterocycles. The number of nitrogens with one attached hydrogen (secondary N) is 1. The molecule has 0 spiro atoms. The van der Waals surface area contributed by atoms with Crippen LogP contribution in [0.2, 0.25) is 0 Å². The molecule has 0 radical (unpaired) electrons. The van der Waals surface area contributed by atoms with E-state index in [9.17, 15) is 0 Å². The molecule has 0 saturated carbocycles. The third-order valence-electron chi connectivity index (χ3n) is 5.78. The topological polar surface area (TPSA) is 34.2 Å². The van der Waals surface area contributed by atoms with E-state index in [0.717, 1.165) is 49.9 Å². The number of hydrogen-bond donors (Lipinski definition) is 1. The molecule has 1 aliphatic rings. The SMILES string of the molecule is Bc1ccc(C2Nc3c(ccc4c(-c5ccccc5)nc5ccccc5c34)O2)cc1. The Labute approximate surface area is 175 Å². The highest BCUT2D eigenvalue weighted by Gasteiger charge is 2.27. The summed E-state index contributed by atoms with van der Waals surface area (Å²) >= 11 is 0. The van der Waals surface area contributed by atoms with Crippen LogP contribution in [0, 0.1) is 0 Å². The summed E-state index contributed by atoms with van der Waals surface area (Å²) in [6.45, 7) is 0. The number of benzene rings is 4. The van der Waals surface area contributed by atoms with Crippen LogP contribution < -0.4 is 15.5 Å². The number of rotatable bonds is 2. The Morgan fingerprint density at radius 2 is 1.53 bits per heavy atom. The zero-order chi connectivity index (χ0) is 20.1. The highest BCUT2D eigenvalue weighted by Crippen LogP contribution is 2.46. The smallest absolute Gasteiger partial charge is 0.196 e. The van der Waals surface area contributed by atoms with E-state index >= 15 is 0 Å². The van der Waals surface area contributed by atoms with Crippen molar-refractivity contribution < 1.29 is 4.74 Å². The van der Waals surface area contributed by atoms with Crippen LogP contribution in [0.4, 0.5) is 5.69 Å². The highest BCUT2D eigenvalue weighted by atomic mass is 16.5. The van der Waals surface area contributed by atoms with E-state index in [0.29, 0.717) is 0 Å². The van der Waals surface area contributed by atoms with Gasteiger partial charge in [0.25, 0.3) is 0 Å². The van der Waals surface area contributed by atoms with Crippen LogP contribution in [0.5, 0.6) is 5.75 Å². The summed E-state index contributed by atoms with van der Waals surface area (Å²) in [5.41, 5.74) is 6.48. The van der Waals surface area contributed by atoms with Gasteiger partial charge >= 0.3 is 0 Å². The molecule has 0 bridgehead atoms. The minimum Gasteiger partial charge on any atom is -0.464 e. The molecule has 0 saturated heterocycles. The van der Waals surface area contributed by atoms with Crippen LogP contribution in [-0.2, 0) is 0 Å². The fourth-order valence-electron chi connectivity index (χ4n) is 4.26. The first-order valence-electron chi connectivity index (χ1n) is 10.2. The van der Waals surface area contributed by atoms with Gasteiger partial charge in [-0.1, -0.05) is 78.3 Å². The largest absolute Gasteiger partial charge is 0.464 e. The zero-order valence-electron chi connectivity index (χ0n) is 16.6. The standard InChI is InChI=1S/C26H19BN2O/c27-18-12-10-17(11-13-18)26-29-25-22(30-26)15-14-20-23(25)19-8-4-5-9-21(19)28-24(20)16-6-2-1-3-7-16/h1-15,26,29H,27H2. The average molecular weight is 386 g/mol. The first-order chi connectivity index (χ1) is 14.8. The molecule has 1 aliphatic heterocycles. The van der Waals surface area contributed by atoms with Gasteiger partial charge in [-0.25, -0.2) is 4.98 Å². The Kier molecular flexibility index (Phi) is 3.78. The van der Waals surface area contributed by atoms with Gasteiger partial charge in [-0.3, -0.25) is 0 Å². The molecule has 4 aromatic carbocycles. The number of nitrogens with zero attached hydrogens (tertiary/aromatic N) is 1. The van der Waals surface area contributed by atoms with Gasteiger partial charge in [0, 0.05) is 27.3 Å². The number of aromatic nitrogens is 1. The summed E-state index contributed by atoms with van der Waals surface area (Å²) in [6, 6.07) is 31.4. The van der Waals surface area contributed by atoms with Crippen molar-refractivity contribution in [2.45, 2.75) is 6.23 Å². The molecule has 1 unspecified atom stereocenters. The van der Waals surface area contributed by atoms with Crippen molar-refractivity contribution >= 4 is 40.7 Å². The maximum absolute atomic E-state index is 6.30. The summed E-state index contributed by atoms with van der Waals surface area (Å²) in [7, 11) is 2.10. The molecule has 2 heterocycles. The predicted molar refractivity (Wildman–Crippen MR) is 126 cm³/mol. The van der Waals surface area contributed by atoms with E-state index in [1.807, 2.05) is 12.1 Å². The molecule has 3 nitrogen and oxygen atoms in total. The lowest BCUT2D eigenvalue weighted by molar-refractivity contribution is 0.260. The van der Waals surface area contributed by atoms with Gasteiger partial charge in [0.05, 0.1) is 16.9 Å². The summed E-state index contributed by atoms with van der Waals surface area (Å²) in [6.07, 6.45) is -0.196. The molecule has 6 rings (SSSR count). The van der Waals surface area contributed by atoms with Crippen molar-refractivity contribution in [3.63, 3.8) is 0 Å². The van der Waals surface area contributed by atoms with Crippen LogP contribution in [-0.4, -0.2) is 12.8 Å². The van der Waals surface area contributed by atoms with E-state index in [2.05, 4.69) is 92.0 Å². The number of pyridine rings is 1. The Balaban J connectivity index is 1.60. The molecule has 0 aliphatic carbocycles. The second-order valence-electron chi connectivity index (χ2n) is 7.76. The summed E-state index contributed by atoms with van der Waals surface area (Å²) in [5.74, 6) is 0.878. The van der Waals surface area contributed by atoms with E-state index < -0.39 is 0 Å². The molecular formula is C26H19BN2O. The van der Waals surface area contributed by atoms with Gasteiger partial charge in [0.1, 0.15) is 13.6 Å². The fourth-order valence-corrected chi connectivity index (χ4v) is 4.26. The van der Waals surface area contributed by atoms with Gasteiger partial charge in [0.2, 0.25) is 0 Å². The number of anilines is 1. The van der Waals surface area contributed by atoms with Crippen molar-refractivity contribution in [1.82, 2.24) is 4.98 Å². The molecule has 0 amide bonds. The second kappa shape index (κ2) is 6.63. The molecule has 4 heteroatoms. The molecule has 0 fully saturated rings. The Morgan fingerprint density at radius 3 is 2.37 bits per heavy atom. The third kappa shape index (κ3) is 2.65. The Morgan fingerprint density at radius 1 is 0.767 bits per heavy atom. The lowest BCUT2D eigenvalue weighted by Crippen LogP contribution is -2.11. The normalized spacial score (nSPS) is 15.0. The predicted octanol–water partition coefficient (Wildman–Crippen LogP) is 4.82. The second-order valence-corrected chi connectivity index (χ2v) is 7.76. The van der Waals surface area contributed by atoms with Crippen molar-refractivity contribution in [1.29, 1.82) is 0 Å². The van der Waals surface area contributed by atoms with Gasteiger partial charge < -0.3 is 10.1 Å². The van der Waals surface area contributed by atoms with E-state index in [1.54, 1.807) is 0 Å². The molecular weight excluding hydrogens is 367 g/mol. The summed E-state index contributed by atoms with van der Waals surface area (Å²) in [4.78, 5) is 5.02. The Hall–Kier alpha value is -3.79. The van der Waals surface area contributed by atoms with Gasteiger partial charge in [-0.2, -0.15) is 0 Å².